The lowest BCUT2D eigenvalue weighted by atomic mass is 9.73. The van der Waals surface area contributed by atoms with Crippen LogP contribution in [0.4, 0.5) is 0 Å². The zero-order chi connectivity index (χ0) is 14.9. The van der Waals surface area contributed by atoms with Gasteiger partial charge in [0.25, 0.3) is 0 Å². The summed E-state index contributed by atoms with van der Waals surface area (Å²) in [6, 6.07) is 0. The summed E-state index contributed by atoms with van der Waals surface area (Å²) in [5.41, 5.74) is 2.82. The fraction of sp³-hybridized carbons (Fsp3) is 0.353. The van der Waals surface area contributed by atoms with Crippen LogP contribution in [0.2, 0.25) is 0 Å². The Labute approximate surface area is 134 Å². The number of carbonyl (C=O) groups excluding carboxylic acids is 1. The van der Waals surface area contributed by atoms with Gasteiger partial charge in [-0.25, -0.2) is 0 Å². The zero-order valence-corrected chi connectivity index (χ0v) is 13.9. The first-order valence-corrected chi connectivity index (χ1v) is 9.07. The van der Waals surface area contributed by atoms with Crippen molar-refractivity contribution >= 4 is 29.3 Å². The van der Waals surface area contributed by atoms with Crippen LogP contribution in [-0.2, 0) is 4.79 Å². The second-order valence-corrected chi connectivity index (χ2v) is 8.36. The molecule has 21 heavy (non-hydrogen) atoms. The van der Waals surface area contributed by atoms with E-state index in [1.54, 1.807) is 23.5 Å². The second kappa shape index (κ2) is 5.93. The number of hydrogen-bond donors (Lipinski definition) is 1. The number of nitrogens with one attached hydrogen (secondary N) is 1. The SMILES string of the molecule is CC1=CC=CC(C)(C(=O)C(C2=CCNC=C2)=C2SCS2)C1. The van der Waals surface area contributed by atoms with Gasteiger partial charge < -0.3 is 5.32 Å². The zero-order valence-electron chi connectivity index (χ0n) is 12.3. The van der Waals surface area contributed by atoms with E-state index >= 15 is 0 Å². The Morgan fingerprint density at radius 3 is 2.76 bits per heavy atom. The van der Waals surface area contributed by atoms with Gasteiger partial charge in [0.15, 0.2) is 5.78 Å². The van der Waals surface area contributed by atoms with Gasteiger partial charge in [-0.2, -0.15) is 0 Å². The molecule has 1 atom stereocenters. The average molecular weight is 317 g/mol. The van der Waals surface area contributed by atoms with Crippen molar-refractivity contribution in [1.82, 2.24) is 5.32 Å². The van der Waals surface area contributed by atoms with Crippen LogP contribution in [0, 0.1) is 5.41 Å². The summed E-state index contributed by atoms with van der Waals surface area (Å²) in [5, 5.41) is 4.20. The third kappa shape index (κ3) is 2.92. The molecule has 2 aliphatic heterocycles. The first-order valence-electron chi connectivity index (χ1n) is 7.10. The first kappa shape index (κ1) is 14.8. The molecule has 4 heteroatoms. The Bertz CT molecular complexity index is 619. The maximum Gasteiger partial charge on any atom is 0.175 e. The maximum atomic E-state index is 13.2. The molecule has 2 nitrogen and oxygen atoms in total. The molecule has 110 valence electrons. The molecule has 1 fully saturated rings. The van der Waals surface area contributed by atoms with E-state index in [0.29, 0.717) is 0 Å². The van der Waals surface area contributed by atoms with Crippen LogP contribution < -0.4 is 5.32 Å². The quantitative estimate of drug-likeness (QED) is 0.791. The topological polar surface area (TPSA) is 29.1 Å². The predicted octanol–water partition coefficient (Wildman–Crippen LogP) is 4.16. The molecule has 1 unspecified atom stereocenters. The van der Waals surface area contributed by atoms with Crippen LogP contribution in [0.5, 0.6) is 0 Å². The van der Waals surface area contributed by atoms with Crippen LogP contribution >= 0.6 is 23.5 Å². The van der Waals surface area contributed by atoms with E-state index < -0.39 is 5.41 Å². The third-order valence-corrected chi connectivity index (χ3v) is 6.51. The van der Waals surface area contributed by atoms with E-state index in [4.69, 9.17) is 0 Å². The Kier molecular flexibility index (Phi) is 4.18. The molecule has 3 rings (SSSR count). The molecule has 0 aromatic carbocycles. The van der Waals surface area contributed by atoms with Crippen molar-refractivity contribution in [3.05, 3.63) is 57.5 Å². The second-order valence-electron chi connectivity index (χ2n) is 5.77. The molecule has 0 aromatic rings. The summed E-state index contributed by atoms with van der Waals surface area (Å²) in [5.74, 6) is 0.249. The number of dihydropyridines is 1. The highest BCUT2D eigenvalue weighted by molar-refractivity contribution is 8.37. The minimum absolute atomic E-state index is 0.249. The Hall–Kier alpha value is -1.13. The smallest absolute Gasteiger partial charge is 0.175 e. The summed E-state index contributed by atoms with van der Waals surface area (Å²) in [6.45, 7) is 4.94. The summed E-state index contributed by atoms with van der Waals surface area (Å²) < 4.78 is 1.18. The lowest BCUT2D eigenvalue weighted by Gasteiger charge is -2.31. The van der Waals surface area contributed by atoms with E-state index in [9.17, 15) is 4.79 Å². The molecule has 1 aliphatic carbocycles. The summed E-state index contributed by atoms with van der Waals surface area (Å²) in [7, 11) is 0. The van der Waals surface area contributed by atoms with Gasteiger partial charge in [-0.3, -0.25) is 4.79 Å². The number of Topliss-reactive ketones (excluding diaryl/α,β-unsaturated/α-hetero) is 1. The molecular weight excluding hydrogens is 298 g/mol. The third-order valence-electron chi connectivity index (χ3n) is 3.93. The fourth-order valence-corrected chi connectivity index (χ4v) is 4.46. The maximum absolute atomic E-state index is 13.2. The van der Waals surface area contributed by atoms with Gasteiger partial charge in [0.05, 0.1) is 9.65 Å². The van der Waals surface area contributed by atoms with Crippen molar-refractivity contribution in [3.8, 4) is 0 Å². The minimum Gasteiger partial charge on any atom is -0.387 e. The van der Waals surface area contributed by atoms with Gasteiger partial charge in [-0.1, -0.05) is 29.9 Å². The van der Waals surface area contributed by atoms with Crippen LogP contribution in [-0.4, -0.2) is 17.4 Å². The lowest BCUT2D eigenvalue weighted by Crippen LogP contribution is -2.30. The highest BCUT2D eigenvalue weighted by Gasteiger charge is 2.37. The van der Waals surface area contributed by atoms with E-state index in [-0.39, 0.29) is 5.78 Å². The Balaban J connectivity index is 1.97. The molecular formula is C17H19NOS2. The first-order chi connectivity index (χ1) is 10.1. The number of rotatable bonds is 3. The molecule has 0 saturated carbocycles. The van der Waals surface area contributed by atoms with Gasteiger partial charge in [0, 0.05) is 17.2 Å². The van der Waals surface area contributed by atoms with Gasteiger partial charge >= 0.3 is 0 Å². The van der Waals surface area contributed by atoms with Gasteiger partial charge in [0.2, 0.25) is 0 Å². The highest BCUT2D eigenvalue weighted by Crippen LogP contribution is 2.49. The number of ketones is 1. The number of thioether (sulfide) groups is 2. The molecule has 0 spiro atoms. The van der Waals surface area contributed by atoms with Crippen LogP contribution in [0.1, 0.15) is 20.3 Å². The number of allylic oxidation sites excluding steroid dienone is 7. The van der Waals surface area contributed by atoms with E-state index in [0.717, 1.165) is 29.2 Å². The van der Waals surface area contributed by atoms with Crippen molar-refractivity contribution in [2.45, 2.75) is 20.3 Å². The normalized spacial score (nSPS) is 27.4. The molecule has 2 heterocycles. The van der Waals surface area contributed by atoms with E-state index in [2.05, 4.69) is 37.4 Å². The van der Waals surface area contributed by atoms with E-state index in [1.165, 1.54) is 9.81 Å². The average Bonchev–Trinajstić information content (AvgIpc) is 2.42. The largest absolute Gasteiger partial charge is 0.387 e. The predicted molar refractivity (Wildman–Crippen MR) is 92.9 cm³/mol. The molecule has 0 aromatic heterocycles. The fourth-order valence-electron chi connectivity index (χ4n) is 2.81. The summed E-state index contributed by atoms with van der Waals surface area (Å²) >= 11 is 3.57. The van der Waals surface area contributed by atoms with Crippen molar-refractivity contribution in [1.29, 1.82) is 0 Å². The van der Waals surface area contributed by atoms with E-state index in [1.807, 2.05) is 18.4 Å². The summed E-state index contributed by atoms with van der Waals surface area (Å²) in [4.78, 5) is 13.2. The molecule has 3 aliphatic rings. The highest BCUT2D eigenvalue weighted by atomic mass is 32.3. The Morgan fingerprint density at radius 1 is 1.38 bits per heavy atom. The number of hydrogen-bond acceptors (Lipinski definition) is 4. The van der Waals surface area contributed by atoms with Crippen molar-refractivity contribution < 1.29 is 4.79 Å². The minimum atomic E-state index is -0.419. The molecule has 0 amide bonds. The van der Waals surface area contributed by atoms with Crippen molar-refractivity contribution in [2.24, 2.45) is 5.41 Å². The molecule has 1 N–H and O–H groups in total. The van der Waals surface area contributed by atoms with Crippen LogP contribution in [0.3, 0.4) is 0 Å². The van der Waals surface area contributed by atoms with Crippen molar-refractivity contribution in [3.63, 3.8) is 0 Å². The monoisotopic (exact) mass is 317 g/mol. The molecule has 0 radical (unpaired) electrons. The Morgan fingerprint density at radius 2 is 2.19 bits per heavy atom. The van der Waals surface area contributed by atoms with Gasteiger partial charge in [-0.05, 0) is 38.1 Å². The molecule has 0 bridgehead atoms. The van der Waals surface area contributed by atoms with Crippen LogP contribution in [0.15, 0.2) is 57.5 Å². The summed E-state index contributed by atoms with van der Waals surface area (Å²) in [6.07, 6.45) is 13.0. The van der Waals surface area contributed by atoms with Gasteiger partial charge in [-0.15, -0.1) is 23.5 Å². The lowest BCUT2D eigenvalue weighted by molar-refractivity contribution is -0.121. The molecule has 1 saturated heterocycles. The number of carbonyl (C=O) groups is 1. The standard InChI is InChI=1S/C17H19NOS2/c1-12-4-3-7-17(2,10-12)15(19)14(16-20-11-21-16)13-5-8-18-9-6-13/h3-8,18H,9-11H2,1-2H3. The van der Waals surface area contributed by atoms with Gasteiger partial charge in [0.1, 0.15) is 0 Å². The van der Waals surface area contributed by atoms with Crippen LogP contribution in [0.25, 0.3) is 0 Å². The van der Waals surface area contributed by atoms with Crippen molar-refractivity contribution in [2.75, 3.05) is 11.6 Å².